The molecular formula is C23H28N6O. The Morgan fingerprint density at radius 2 is 1.47 bits per heavy atom. The van der Waals surface area contributed by atoms with E-state index in [4.69, 9.17) is 0 Å². The third-order valence-electron chi connectivity index (χ3n) is 5.53. The lowest BCUT2D eigenvalue weighted by Crippen LogP contribution is -2.35. The highest BCUT2D eigenvalue weighted by atomic mass is 16.5. The van der Waals surface area contributed by atoms with Gasteiger partial charge in [-0.05, 0) is 42.7 Å². The lowest BCUT2D eigenvalue weighted by atomic mass is 9.90. The molecule has 3 N–H and O–H groups in total. The first-order valence-corrected chi connectivity index (χ1v) is 10.5. The Morgan fingerprint density at radius 3 is 2.13 bits per heavy atom. The van der Waals surface area contributed by atoms with Gasteiger partial charge >= 0.3 is 0 Å². The molecule has 0 amide bonds. The van der Waals surface area contributed by atoms with Crippen LogP contribution >= 0.6 is 0 Å². The van der Waals surface area contributed by atoms with Crippen LogP contribution in [0.3, 0.4) is 0 Å². The van der Waals surface area contributed by atoms with Crippen molar-refractivity contribution >= 4 is 17.8 Å². The van der Waals surface area contributed by atoms with Crippen LogP contribution in [0.4, 0.5) is 17.8 Å². The summed E-state index contributed by atoms with van der Waals surface area (Å²) in [7, 11) is 0. The predicted molar refractivity (Wildman–Crippen MR) is 119 cm³/mol. The number of benzene rings is 2. The SMILES string of the molecule is ONc1nc(NCCc2ccccc2)nc(N2CCC(Cc3ccccc3)CC2)n1. The normalized spacial score (nSPS) is 14.5. The third kappa shape index (κ3) is 5.45. The maximum atomic E-state index is 9.35. The van der Waals surface area contributed by atoms with Gasteiger partial charge in [0, 0.05) is 19.6 Å². The Morgan fingerprint density at radius 1 is 0.833 bits per heavy atom. The summed E-state index contributed by atoms with van der Waals surface area (Å²) >= 11 is 0. The van der Waals surface area contributed by atoms with E-state index in [-0.39, 0.29) is 5.95 Å². The van der Waals surface area contributed by atoms with E-state index in [0.717, 1.165) is 38.8 Å². The summed E-state index contributed by atoms with van der Waals surface area (Å²) in [6, 6.07) is 20.9. The fraction of sp³-hybridized carbons (Fsp3) is 0.348. The van der Waals surface area contributed by atoms with Crippen molar-refractivity contribution in [2.24, 2.45) is 5.92 Å². The van der Waals surface area contributed by atoms with Crippen molar-refractivity contribution in [1.29, 1.82) is 0 Å². The van der Waals surface area contributed by atoms with Gasteiger partial charge in [-0.15, -0.1) is 0 Å². The molecule has 2 heterocycles. The molecular weight excluding hydrogens is 376 g/mol. The fourth-order valence-electron chi connectivity index (χ4n) is 3.88. The Hall–Kier alpha value is -3.19. The van der Waals surface area contributed by atoms with E-state index in [1.54, 1.807) is 0 Å². The van der Waals surface area contributed by atoms with Gasteiger partial charge in [0.15, 0.2) is 0 Å². The van der Waals surface area contributed by atoms with Gasteiger partial charge in [0.2, 0.25) is 11.9 Å². The average Bonchev–Trinajstić information content (AvgIpc) is 2.81. The summed E-state index contributed by atoms with van der Waals surface area (Å²) in [5.41, 5.74) is 4.71. The van der Waals surface area contributed by atoms with Crippen molar-refractivity contribution in [3.8, 4) is 0 Å². The molecule has 0 radical (unpaired) electrons. The van der Waals surface area contributed by atoms with Crippen LogP contribution in [0, 0.1) is 5.92 Å². The van der Waals surface area contributed by atoms with Crippen molar-refractivity contribution < 1.29 is 5.21 Å². The molecule has 2 aromatic carbocycles. The molecule has 1 aliphatic heterocycles. The Balaban J connectivity index is 1.35. The van der Waals surface area contributed by atoms with E-state index in [2.05, 4.69) is 73.1 Å². The number of rotatable bonds is 8. The molecule has 1 aromatic heterocycles. The zero-order chi connectivity index (χ0) is 20.6. The molecule has 3 aromatic rings. The molecule has 4 rings (SSSR count). The molecule has 30 heavy (non-hydrogen) atoms. The smallest absolute Gasteiger partial charge is 0.253 e. The van der Waals surface area contributed by atoms with E-state index in [9.17, 15) is 5.21 Å². The number of aromatic nitrogens is 3. The van der Waals surface area contributed by atoms with Crippen molar-refractivity contribution in [2.75, 3.05) is 35.3 Å². The monoisotopic (exact) mass is 404 g/mol. The van der Waals surface area contributed by atoms with Crippen LogP contribution in [-0.2, 0) is 12.8 Å². The fourth-order valence-corrected chi connectivity index (χ4v) is 3.88. The van der Waals surface area contributed by atoms with Crippen LogP contribution in [0.15, 0.2) is 60.7 Å². The van der Waals surface area contributed by atoms with Crippen molar-refractivity contribution in [2.45, 2.75) is 25.7 Å². The molecule has 0 atom stereocenters. The van der Waals surface area contributed by atoms with Crippen molar-refractivity contribution in [3.63, 3.8) is 0 Å². The van der Waals surface area contributed by atoms with E-state index in [1.807, 2.05) is 18.2 Å². The molecule has 1 aliphatic rings. The number of nitrogens with zero attached hydrogens (tertiary/aromatic N) is 4. The molecule has 0 bridgehead atoms. The van der Waals surface area contributed by atoms with Crippen LogP contribution in [0.1, 0.15) is 24.0 Å². The zero-order valence-corrected chi connectivity index (χ0v) is 17.0. The van der Waals surface area contributed by atoms with E-state index in [1.165, 1.54) is 11.1 Å². The summed E-state index contributed by atoms with van der Waals surface area (Å²) in [4.78, 5) is 15.3. The van der Waals surface area contributed by atoms with Crippen LogP contribution < -0.4 is 15.7 Å². The molecule has 0 spiro atoms. The van der Waals surface area contributed by atoms with Gasteiger partial charge in [-0.25, -0.2) is 5.48 Å². The molecule has 156 valence electrons. The van der Waals surface area contributed by atoms with Crippen LogP contribution in [0.5, 0.6) is 0 Å². The Labute approximate surface area is 177 Å². The molecule has 1 saturated heterocycles. The van der Waals surface area contributed by atoms with Gasteiger partial charge in [0.25, 0.3) is 5.95 Å². The first kappa shape index (κ1) is 20.1. The van der Waals surface area contributed by atoms with E-state index in [0.29, 0.717) is 24.4 Å². The predicted octanol–water partition coefficient (Wildman–Crippen LogP) is 3.79. The Bertz CT molecular complexity index is 913. The molecule has 0 saturated carbocycles. The second kappa shape index (κ2) is 10.0. The van der Waals surface area contributed by atoms with Crippen LogP contribution in [0.25, 0.3) is 0 Å². The number of piperidine rings is 1. The minimum Gasteiger partial charge on any atom is -0.354 e. The second-order valence-electron chi connectivity index (χ2n) is 7.68. The third-order valence-corrected chi connectivity index (χ3v) is 5.53. The molecule has 1 fully saturated rings. The van der Waals surface area contributed by atoms with Gasteiger partial charge in [-0.2, -0.15) is 15.0 Å². The summed E-state index contributed by atoms with van der Waals surface area (Å²) in [6.07, 6.45) is 4.18. The molecule has 7 nitrogen and oxygen atoms in total. The van der Waals surface area contributed by atoms with Crippen LogP contribution in [0.2, 0.25) is 0 Å². The van der Waals surface area contributed by atoms with E-state index < -0.39 is 0 Å². The Kier molecular flexibility index (Phi) is 6.72. The summed E-state index contributed by atoms with van der Waals surface area (Å²) in [6.45, 7) is 2.50. The first-order chi connectivity index (χ1) is 14.8. The number of hydrogen-bond donors (Lipinski definition) is 3. The van der Waals surface area contributed by atoms with Gasteiger partial charge in [0.1, 0.15) is 0 Å². The van der Waals surface area contributed by atoms with Gasteiger partial charge < -0.3 is 10.2 Å². The van der Waals surface area contributed by atoms with Crippen molar-refractivity contribution in [3.05, 3.63) is 71.8 Å². The van der Waals surface area contributed by atoms with E-state index >= 15 is 0 Å². The maximum absolute atomic E-state index is 9.35. The van der Waals surface area contributed by atoms with Gasteiger partial charge in [-0.3, -0.25) is 5.21 Å². The van der Waals surface area contributed by atoms with Crippen LogP contribution in [-0.4, -0.2) is 39.8 Å². The zero-order valence-electron chi connectivity index (χ0n) is 17.0. The lowest BCUT2D eigenvalue weighted by Gasteiger charge is -2.32. The summed E-state index contributed by atoms with van der Waals surface area (Å²) in [5.74, 6) is 1.90. The average molecular weight is 405 g/mol. The standard InChI is InChI=1S/C23H28N6O/c30-28-22-25-21(24-14-11-18-7-3-1-4-8-18)26-23(27-22)29-15-12-20(13-16-29)17-19-9-5-2-6-10-19/h1-10,20,30H,11-17H2,(H2,24,25,26,27,28). The molecule has 0 aliphatic carbocycles. The quantitative estimate of drug-likeness (QED) is 0.493. The minimum absolute atomic E-state index is 0.161. The van der Waals surface area contributed by atoms with Gasteiger partial charge in [0.05, 0.1) is 0 Å². The lowest BCUT2D eigenvalue weighted by molar-refractivity contribution is 0.381. The highest BCUT2D eigenvalue weighted by Crippen LogP contribution is 2.25. The number of hydrogen-bond acceptors (Lipinski definition) is 7. The van der Waals surface area contributed by atoms with Gasteiger partial charge in [-0.1, -0.05) is 60.7 Å². The highest BCUT2D eigenvalue weighted by Gasteiger charge is 2.22. The van der Waals surface area contributed by atoms with Crippen molar-refractivity contribution in [1.82, 2.24) is 15.0 Å². The largest absolute Gasteiger partial charge is 0.354 e. The second-order valence-corrected chi connectivity index (χ2v) is 7.68. The highest BCUT2D eigenvalue weighted by molar-refractivity contribution is 5.43. The number of nitrogens with one attached hydrogen (secondary N) is 2. The maximum Gasteiger partial charge on any atom is 0.253 e. The number of anilines is 3. The molecule has 7 heteroatoms. The molecule has 0 unspecified atom stereocenters. The summed E-state index contributed by atoms with van der Waals surface area (Å²) < 4.78 is 0. The first-order valence-electron chi connectivity index (χ1n) is 10.5. The minimum atomic E-state index is 0.161. The topological polar surface area (TPSA) is 86.2 Å². The summed E-state index contributed by atoms with van der Waals surface area (Å²) in [5, 5.41) is 12.6.